The number of hydroxylamine groups is 6. The third-order valence-corrected chi connectivity index (χ3v) is 8.26. The van der Waals surface area contributed by atoms with Crippen molar-refractivity contribution in [3.8, 4) is 0 Å². The van der Waals surface area contributed by atoms with E-state index in [1.54, 1.807) is 6.92 Å². The molecule has 1 fully saturated rings. The van der Waals surface area contributed by atoms with E-state index in [2.05, 4.69) is 16.0 Å². The molecule has 315 valence electrons. The van der Waals surface area contributed by atoms with Crippen molar-refractivity contribution in [2.75, 3.05) is 39.5 Å². The number of carbonyl (C=O) groups is 7. The summed E-state index contributed by atoms with van der Waals surface area (Å²) < 4.78 is 5.21. The summed E-state index contributed by atoms with van der Waals surface area (Å²) in [7, 11) is 0. The van der Waals surface area contributed by atoms with Crippen LogP contribution in [0.3, 0.4) is 0 Å². The van der Waals surface area contributed by atoms with Crippen LogP contribution in [0.4, 0.5) is 0 Å². The molecule has 0 aromatic carbocycles. The molecule has 0 aromatic heterocycles. The third-order valence-electron chi connectivity index (χ3n) is 8.26. The number of nitrogens with zero attached hydrogens (tertiary/aromatic N) is 3. The molecule has 6 amide bonds. The Morgan fingerprint density at radius 2 is 1.21 bits per heavy atom. The summed E-state index contributed by atoms with van der Waals surface area (Å²) >= 11 is 0. The number of esters is 1. The molecule has 6 N–H and O–H groups in total. The van der Waals surface area contributed by atoms with E-state index in [0.29, 0.717) is 11.1 Å². The molecule has 0 saturated carbocycles. The monoisotopic (exact) mass is 837 g/mol. The molecule has 1 radical (unpaired) electrons. The molecule has 21 heteroatoms. The number of nitrogens with one attached hydrogen (secondary N) is 3. The van der Waals surface area contributed by atoms with Crippen molar-refractivity contribution < 1.29 is 70.7 Å². The van der Waals surface area contributed by atoms with E-state index < -0.39 is 72.2 Å². The third kappa shape index (κ3) is 20.1. The molecular weight excluding hydrogens is 784 g/mol. The van der Waals surface area contributed by atoms with Gasteiger partial charge in [-0.25, -0.2) is 4.79 Å². The number of ether oxygens (including phenoxy) is 1. The van der Waals surface area contributed by atoms with Gasteiger partial charge in [-0.1, -0.05) is 11.1 Å². The van der Waals surface area contributed by atoms with Crippen LogP contribution in [-0.2, 0) is 55.4 Å². The number of carbonyl (C=O) groups excluding carboxylic acids is 7. The van der Waals surface area contributed by atoms with Gasteiger partial charge in [0.2, 0.25) is 35.4 Å². The van der Waals surface area contributed by atoms with Gasteiger partial charge in [-0.15, -0.1) is 0 Å². The van der Waals surface area contributed by atoms with E-state index in [-0.39, 0.29) is 122 Å². The first-order valence-corrected chi connectivity index (χ1v) is 17.8. The maximum absolute atomic E-state index is 12.6. The van der Waals surface area contributed by atoms with Gasteiger partial charge >= 0.3 is 23.0 Å². The van der Waals surface area contributed by atoms with Crippen LogP contribution in [0.2, 0.25) is 0 Å². The van der Waals surface area contributed by atoms with E-state index in [1.165, 1.54) is 20.8 Å². The molecule has 0 bridgehead atoms. The van der Waals surface area contributed by atoms with Crippen LogP contribution in [0, 0.1) is 15.6 Å². The molecule has 1 aliphatic heterocycles. The molecule has 56 heavy (non-hydrogen) atoms. The molecule has 20 nitrogen and oxygen atoms in total. The molecule has 0 spiro atoms. The topological polar surface area (TPSA) is 304 Å². The van der Waals surface area contributed by atoms with Gasteiger partial charge in [0.05, 0.1) is 19.3 Å². The second-order valence-electron chi connectivity index (χ2n) is 13.1. The zero-order chi connectivity index (χ0) is 41.7. The van der Waals surface area contributed by atoms with E-state index in [9.17, 15) is 54.3 Å². The van der Waals surface area contributed by atoms with E-state index >= 15 is 0 Å². The van der Waals surface area contributed by atoms with Gasteiger partial charge in [0, 0.05) is 57.8 Å². The minimum absolute atomic E-state index is 0. The quantitative estimate of drug-likeness (QED) is 0.0303. The van der Waals surface area contributed by atoms with Crippen LogP contribution in [0.1, 0.15) is 79.1 Å². The summed E-state index contributed by atoms with van der Waals surface area (Å²) in [6, 6.07) is -3.00. The first kappa shape index (κ1) is 51.8. The average Bonchev–Trinajstić information content (AvgIpc) is 3.11. The number of amides is 6. The number of hydrogen-bond donors (Lipinski definition) is 6. The molecule has 4 unspecified atom stereocenters. The summed E-state index contributed by atoms with van der Waals surface area (Å²) in [5.74, 6) is -5.01. The number of rotatable bonds is 24. The van der Waals surface area contributed by atoms with Crippen molar-refractivity contribution in [3.05, 3.63) is 50.6 Å². The van der Waals surface area contributed by atoms with Crippen molar-refractivity contribution in [2.45, 2.75) is 103 Å². The number of piperazine rings is 1. The largest absolute Gasteiger partial charge is 3.00 e. The Kier molecular flexibility index (Phi) is 25.3. The van der Waals surface area contributed by atoms with Gasteiger partial charge in [-0.05, 0) is 71.3 Å². The fourth-order valence-electron chi connectivity index (χ4n) is 5.03. The Bertz CT molecular complexity index is 1440. The molecular formula is C35H53FeN6O14. The Labute approximate surface area is 335 Å². The minimum atomic E-state index is -1.29. The predicted molar refractivity (Wildman–Crippen MR) is 196 cm³/mol. The summed E-state index contributed by atoms with van der Waals surface area (Å²) in [4.78, 5) is 85.6. The Morgan fingerprint density at radius 3 is 1.66 bits per heavy atom. The minimum Gasteiger partial charge on any atom is -0.756 e. The fraction of sp³-hybridized carbons (Fsp3) is 0.629. The van der Waals surface area contributed by atoms with Crippen molar-refractivity contribution in [3.63, 3.8) is 0 Å². The van der Waals surface area contributed by atoms with Crippen LogP contribution in [0.15, 0.2) is 34.9 Å². The van der Waals surface area contributed by atoms with Crippen LogP contribution >= 0.6 is 0 Å². The van der Waals surface area contributed by atoms with E-state index in [0.717, 1.165) is 18.2 Å². The first-order valence-electron chi connectivity index (χ1n) is 17.8. The zero-order valence-electron chi connectivity index (χ0n) is 32.0. The van der Waals surface area contributed by atoms with Crippen molar-refractivity contribution in [1.29, 1.82) is 0 Å². The number of aliphatic hydroxyl groups excluding tert-OH is 3. The molecule has 4 atom stereocenters. The molecule has 1 rings (SSSR count). The van der Waals surface area contributed by atoms with E-state index in [4.69, 9.17) is 14.9 Å². The first-order chi connectivity index (χ1) is 25.9. The zero-order valence-corrected chi connectivity index (χ0v) is 33.1. The summed E-state index contributed by atoms with van der Waals surface area (Å²) in [5.41, 5.74) is 1.03. The van der Waals surface area contributed by atoms with Gasteiger partial charge in [0.25, 0.3) is 0 Å². The van der Waals surface area contributed by atoms with E-state index in [1.807, 2.05) is 0 Å². The summed E-state index contributed by atoms with van der Waals surface area (Å²) in [6.07, 6.45) is 2.43. The number of aliphatic hydroxyl groups is 3. The normalized spacial score (nSPS) is 17.1. The van der Waals surface area contributed by atoms with Crippen LogP contribution in [0.5, 0.6) is 0 Å². The molecule has 0 aromatic rings. The molecule has 0 aliphatic carbocycles. The van der Waals surface area contributed by atoms with Crippen molar-refractivity contribution >= 4 is 41.4 Å². The maximum atomic E-state index is 12.6. The second kappa shape index (κ2) is 27.4. The predicted octanol–water partition coefficient (Wildman–Crippen LogP) is -0.701. The average molecular weight is 838 g/mol. The molecule has 1 aliphatic rings. The van der Waals surface area contributed by atoms with Gasteiger partial charge in [0.1, 0.15) is 18.1 Å². The molecule has 1 heterocycles. The SMILES string of the molecule is CC(=O)NC(CCCN([O-])C(=O)/C=C(\C)C(O)CO)C(=O)OCC/C(C)=C/C(=O)N([O-])CCCC1NC(=O)C(CCCN([O-])C(=O)/C=C(\C)CCO)NC1=O.[Fe+3]. The second-order valence-corrected chi connectivity index (χ2v) is 13.1. The van der Waals surface area contributed by atoms with Crippen LogP contribution < -0.4 is 16.0 Å². The summed E-state index contributed by atoms with van der Waals surface area (Å²) in [5, 5.41) is 71.8. The van der Waals surface area contributed by atoms with Gasteiger partial charge in [-0.3, -0.25) is 28.8 Å². The van der Waals surface area contributed by atoms with Crippen molar-refractivity contribution in [2.24, 2.45) is 0 Å². The van der Waals surface area contributed by atoms with Gasteiger partial charge in [0.15, 0.2) is 0 Å². The Hall–Kier alpha value is -4.21. The summed E-state index contributed by atoms with van der Waals surface area (Å²) in [6.45, 7) is 3.87. The van der Waals surface area contributed by atoms with Gasteiger partial charge in [-0.2, -0.15) is 0 Å². The van der Waals surface area contributed by atoms with Crippen LogP contribution in [-0.4, -0.2) is 136 Å². The molecule has 1 saturated heterocycles. The maximum Gasteiger partial charge on any atom is 3.00 e. The number of hydrogen-bond acceptors (Lipinski definition) is 14. The fourth-order valence-corrected chi connectivity index (χ4v) is 5.03. The smallest absolute Gasteiger partial charge is 0.756 e. The van der Waals surface area contributed by atoms with Gasteiger partial charge < -0.3 is 66.8 Å². The standard InChI is InChI=1S/C35H53N6O14.Fe/c1-22(11-16-42)18-30(46)39(52)13-5-8-26-33(49)38-27(34(50)37-26)9-6-14-40(53)31(47)19-23(2)12-17-55-35(51)28(36-25(4)44)10-7-15-41(54)32(48)20-24(3)29(45)21-43;/h18-20,26-29,42-43,45H,5-17,21H2,1-4H3,(H,36,44)(H,37,50)(H,38,49);/q-3;+3/b22-18+,23-19+,24-20+;. The Morgan fingerprint density at radius 1 is 0.768 bits per heavy atom. The van der Waals surface area contributed by atoms with Crippen LogP contribution in [0.25, 0.3) is 0 Å². The van der Waals surface area contributed by atoms with Crippen molar-refractivity contribution in [1.82, 2.24) is 31.1 Å². The Balaban J connectivity index is 0.0000302.